The zero-order valence-electron chi connectivity index (χ0n) is 17.4. The molecular formula is C21H24N4O6. The van der Waals surface area contributed by atoms with Crippen LogP contribution in [0.4, 0.5) is 16.2 Å². The second kappa shape index (κ2) is 10.7. The Hall–Kier alpha value is -3.95. The average Bonchev–Trinajstić information content (AvgIpc) is 2.72. The Labute approximate surface area is 179 Å². The van der Waals surface area contributed by atoms with E-state index in [0.717, 1.165) is 5.56 Å². The van der Waals surface area contributed by atoms with Crippen molar-refractivity contribution in [2.75, 3.05) is 5.32 Å². The van der Waals surface area contributed by atoms with E-state index in [1.54, 1.807) is 18.2 Å². The van der Waals surface area contributed by atoms with E-state index in [-0.39, 0.29) is 35.6 Å². The second-order valence-corrected chi connectivity index (χ2v) is 6.99. The highest BCUT2D eigenvalue weighted by atomic mass is 16.6. The van der Waals surface area contributed by atoms with Crippen LogP contribution in [0.2, 0.25) is 0 Å². The molecule has 0 fully saturated rings. The molecule has 0 aliphatic rings. The number of nitrogens with one attached hydrogen (secondary N) is 3. The van der Waals surface area contributed by atoms with Crippen molar-refractivity contribution < 1.29 is 24.0 Å². The van der Waals surface area contributed by atoms with Gasteiger partial charge in [0.05, 0.1) is 10.5 Å². The molecule has 0 bridgehead atoms. The van der Waals surface area contributed by atoms with Crippen LogP contribution in [0, 0.1) is 10.1 Å². The second-order valence-electron chi connectivity index (χ2n) is 6.99. The third kappa shape index (κ3) is 7.11. The fourth-order valence-electron chi connectivity index (χ4n) is 2.51. The molecule has 0 spiro atoms. The van der Waals surface area contributed by atoms with Crippen LogP contribution in [-0.4, -0.2) is 35.0 Å². The number of ether oxygens (including phenoxy) is 1. The van der Waals surface area contributed by atoms with Crippen LogP contribution in [-0.2, 0) is 16.1 Å². The molecule has 0 saturated carbocycles. The first-order valence-electron chi connectivity index (χ1n) is 9.56. The van der Waals surface area contributed by atoms with Gasteiger partial charge in [0.2, 0.25) is 0 Å². The molecular weight excluding hydrogens is 404 g/mol. The first kappa shape index (κ1) is 23.3. The predicted molar refractivity (Wildman–Crippen MR) is 114 cm³/mol. The van der Waals surface area contributed by atoms with Crippen molar-refractivity contribution in [2.24, 2.45) is 0 Å². The molecule has 0 aromatic heterocycles. The molecule has 0 aliphatic carbocycles. The summed E-state index contributed by atoms with van der Waals surface area (Å²) in [5.41, 5.74) is 0.748. The van der Waals surface area contributed by atoms with Gasteiger partial charge in [-0.2, -0.15) is 0 Å². The van der Waals surface area contributed by atoms with Gasteiger partial charge in [-0.15, -0.1) is 0 Å². The summed E-state index contributed by atoms with van der Waals surface area (Å²) in [5, 5.41) is 18.8. The topological polar surface area (TPSA) is 140 Å². The number of benzene rings is 2. The molecule has 2 rings (SSSR count). The fraction of sp³-hybridized carbons (Fsp3) is 0.286. The largest absolute Gasteiger partial charge is 0.449 e. The molecule has 2 aromatic carbocycles. The van der Waals surface area contributed by atoms with E-state index >= 15 is 0 Å². The molecule has 3 amide bonds. The van der Waals surface area contributed by atoms with Crippen molar-refractivity contribution >= 4 is 29.3 Å². The summed E-state index contributed by atoms with van der Waals surface area (Å²) < 4.78 is 5.15. The maximum absolute atomic E-state index is 12.3. The van der Waals surface area contributed by atoms with Gasteiger partial charge in [0.25, 0.3) is 11.6 Å². The molecule has 31 heavy (non-hydrogen) atoms. The summed E-state index contributed by atoms with van der Waals surface area (Å²) in [6.07, 6.45) is -1.17. The molecule has 1 atom stereocenters. The highest BCUT2D eigenvalue weighted by molar-refractivity contribution is 5.98. The number of carbonyl (C=O) groups excluding carboxylic acids is 3. The van der Waals surface area contributed by atoms with Crippen LogP contribution in [0.15, 0.2) is 48.5 Å². The minimum Gasteiger partial charge on any atom is -0.449 e. The third-order valence-electron chi connectivity index (χ3n) is 4.07. The van der Waals surface area contributed by atoms with Crippen LogP contribution in [0.5, 0.6) is 0 Å². The van der Waals surface area contributed by atoms with Gasteiger partial charge in [0.15, 0.2) is 6.10 Å². The number of esters is 1. The van der Waals surface area contributed by atoms with Crippen LogP contribution < -0.4 is 16.0 Å². The minimum atomic E-state index is -1.17. The van der Waals surface area contributed by atoms with Crippen LogP contribution in [0.3, 0.4) is 0 Å². The molecule has 164 valence electrons. The lowest BCUT2D eigenvalue weighted by Crippen LogP contribution is -2.39. The maximum Gasteiger partial charge on any atom is 0.338 e. The summed E-state index contributed by atoms with van der Waals surface area (Å²) in [6.45, 7) is 5.35. The molecule has 10 nitrogen and oxygen atoms in total. The normalized spacial score (nSPS) is 11.4. The lowest BCUT2D eigenvalue weighted by atomic mass is 10.1. The number of carbonyl (C=O) groups is 3. The van der Waals surface area contributed by atoms with Crippen LogP contribution in [0.25, 0.3) is 0 Å². The number of amides is 3. The van der Waals surface area contributed by atoms with Gasteiger partial charge in [-0.05, 0) is 44.5 Å². The molecule has 0 saturated heterocycles. The summed E-state index contributed by atoms with van der Waals surface area (Å²) in [7, 11) is 0. The summed E-state index contributed by atoms with van der Waals surface area (Å²) >= 11 is 0. The number of anilines is 1. The Morgan fingerprint density at radius 3 is 2.29 bits per heavy atom. The molecule has 1 unspecified atom stereocenters. The Morgan fingerprint density at radius 2 is 1.68 bits per heavy atom. The van der Waals surface area contributed by atoms with Gasteiger partial charge in [-0.3, -0.25) is 14.9 Å². The predicted octanol–water partition coefficient (Wildman–Crippen LogP) is 2.99. The van der Waals surface area contributed by atoms with Gasteiger partial charge in [-0.25, -0.2) is 9.59 Å². The number of nitrogens with zero attached hydrogens (tertiary/aromatic N) is 1. The van der Waals surface area contributed by atoms with Crippen molar-refractivity contribution in [3.05, 3.63) is 69.8 Å². The van der Waals surface area contributed by atoms with Crippen molar-refractivity contribution in [1.82, 2.24) is 10.6 Å². The highest BCUT2D eigenvalue weighted by Gasteiger charge is 2.22. The van der Waals surface area contributed by atoms with E-state index in [4.69, 9.17) is 4.74 Å². The molecule has 0 heterocycles. The van der Waals surface area contributed by atoms with Gasteiger partial charge >= 0.3 is 12.0 Å². The average molecular weight is 428 g/mol. The molecule has 0 radical (unpaired) electrons. The van der Waals surface area contributed by atoms with Crippen molar-refractivity contribution in [2.45, 2.75) is 39.5 Å². The van der Waals surface area contributed by atoms with E-state index < -0.39 is 22.9 Å². The van der Waals surface area contributed by atoms with Crippen molar-refractivity contribution in [1.29, 1.82) is 0 Å². The van der Waals surface area contributed by atoms with Gasteiger partial charge < -0.3 is 20.7 Å². The number of nitro benzene ring substituents is 1. The zero-order chi connectivity index (χ0) is 23.0. The summed E-state index contributed by atoms with van der Waals surface area (Å²) in [4.78, 5) is 46.6. The van der Waals surface area contributed by atoms with E-state index in [9.17, 15) is 24.5 Å². The standard InChI is InChI=1S/C21H24N4O6/c1-13(2)23-21(28)22-12-15-8-10-16(11-9-15)20(27)31-14(3)19(26)24-17-6-4-5-7-18(17)25(29)30/h4-11,13-14H,12H2,1-3H3,(H,24,26)(H2,22,23,28). The quantitative estimate of drug-likeness (QED) is 0.335. The maximum atomic E-state index is 12.3. The third-order valence-corrected chi connectivity index (χ3v) is 4.07. The van der Waals surface area contributed by atoms with E-state index in [0.29, 0.717) is 0 Å². The fourth-order valence-corrected chi connectivity index (χ4v) is 2.51. The number of nitro groups is 1. The minimum absolute atomic E-state index is 0.0127. The van der Waals surface area contributed by atoms with E-state index in [2.05, 4.69) is 16.0 Å². The monoisotopic (exact) mass is 428 g/mol. The van der Waals surface area contributed by atoms with Gasteiger partial charge in [-0.1, -0.05) is 24.3 Å². The summed E-state index contributed by atoms with van der Waals surface area (Å²) in [6, 6.07) is 11.7. The van der Waals surface area contributed by atoms with Crippen LogP contribution >= 0.6 is 0 Å². The van der Waals surface area contributed by atoms with E-state index in [1.807, 2.05) is 13.8 Å². The molecule has 3 N–H and O–H groups in total. The number of hydrogen-bond acceptors (Lipinski definition) is 6. The first-order valence-corrected chi connectivity index (χ1v) is 9.56. The number of hydrogen-bond donors (Lipinski definition) is 3. The lowest BCUT2D eigenvalue weighted by Gasteiger charge is -2.14. The Morgan fingerprint density at radius 1 is 1.03 bits per heavy atom. The first-order chi connectivity index (χ1) is 14.7. The van der Waals surface area contributed by atoms with Crippen molar-refractivity contribution in [3.8, 4) is 0 Å². The number of urea groups is 1. The SMILES string of the molecule is CC(C)NC(=O)NCc1ccc(C(=O)OC(C)C(=O)Nc2ccccc2[N+](=O)[O-])cc1. The Balaban J connectivity index is 1.91. The highest BCUT2D eigenvalue weighted by Crippen LogP contribution is 2.23. The smallest absolute Gasteiger partial charge is 0.338 e. The number of para-hydroxylation sites is 2. The number of rotatable bonds is 8. The zero-order valence-corrected chi connectivity index (χ0v) is 17.4. The molecule has 2 aromatic rings. The molecule has 0 aliphatic heterocycles. The van der Waals surface area contributed by atoms with Gasteiger partial charge in [0.1, 0.15) is 5.69 Å². The Kier molecular flexibility index (Phi) is 8.07. The summed E-state index contributed by atoms with van der Waals surface area (Å²) in [5.74, 6) is -1.41. The van der Waals surface area contributed by atoms with E-state index in [1.165, 1.54) is 37.3 Å². The lowest BCUT2D eigenvalue weighted by molar-refractivity contribution is -0.383. The van der Waals surface area contributed by atoms with Crippen molar-refractivity contribution in [3.63, 3.8) is 0 Å². The molecule has 10 heteroatoms. The van der Waals surface area contributed by atoms with Gasteiger partial charge in [0, 0.05) is 18.7 Å². The Bertz CT molecular complexity index is 959. The van der Waals surface area contributed by atoms with Crippen LogP contribution in [0.1, 0.15) is 36.7 Å².